The standard InChI is InChI=1S/C20H24ClFN2O4S2/c1-14(24(30(3,26)27)15-7-9-16(28-2)10-8-15)20(25)23-11-12-29-13-17-18(21)5-4-6-19(17)22/h4-10,14H,11-13H2,1-3H3,(H,23,25)/t14-/m0/s1. The van der Waals surface area contributed by atoms with Gasteiger partial charge in [-0.2, -0.15) is 11.8 Å². The zero-order valence-corrected chi connectivity index (χ0v) is 19.3. The fraction of sp³-hybridized carbons (Fsp3) is 0.350. The monoisotopic (exact) mass is 474 g/mol. The number of hydrogen-bond acceptors (Lipinski definition) is 5. The molecular weight excluding hydrogens is 451 g/mol. The number of nitrogens with one attached hydrogen (secondary N) is 1. The van der Waals surface area contributed by atoms with Crippen molar-refractivity contribution in [1.82, 2.24) is 5.32 Å². The lowest BCUT2D eigenvalue weighted by Crippen LogP contribution is -2.48. The van der Waals surface area contributed by atoms with Gasteiger partial charge >= 0.3 is 0 Å². The average Bonchev–Trinajstić information content (AvgIpc) is 2.69. The first kappa shape index (κ1) is 24.3. The third-order valence-electron chi connectivity index (χ3n) is 4.27. The first-order valence-electron chi connectivity index (χ1n) is 9.07. The van der Waals surface area contributed by atoms with Crippen molar-refractivity contribution in [3.8, 4) is 5.75 Å². The Morgan fingerprint density at radius 3 is 2.50 bits per heavy atom. The number of thioether (sulfide) groups is 1. The quantitative estimate of drug-likeness (QED) is 0.531. The van der Waals surface area contributed by atoms with Gasteiger partial charge in [0.1, 0.15) is 17.6 Å². The highest BCUT2D eigenvalue weighted by atomic mass is 35.5. The summed E-state index contributed by atoms with van der Waals surface area (Å²) in [6, 6.07) is 10.00. The van der Waals surface area contributed by atoms with E-state index in [9.17, 15) is 17.6 Å². The average molecular weight is 475 g/mol. The third kappa shape index (κ3) is 6.52. The van der Waals surface area contributed by atoms with Crippen LogP contribution in [0.5, 0.6) is 5.75 Å². The van der Waals surface area contributed by atoms with Gasteiger partial charge in [0.05, 0.1) is 19.1 Å². The lowest BCUT2D eigenvalue weighted by Gasteiger charge is -2.28. The number of carbonyl (C=O) groups excluding carboxylic acids is 1. The first-order valence-corrected chi connectivity index (χ1v) is 12.4. The molecule has 0 bridgehead atoms. The summed E-state index contributed by atoms with van der Waals surface area (Å²) in [5.41, 5.74) is 0.788. The lowest BCUT2D eigenvalue weighted by atomic mass is 10.2. The summed E-state index contributed by atoms with van der Waals surface area (Å²) in [5, 5.41) is 3.09. The van der Waals surface area contributed by atoms with Crippen molar-refractivity contribution in [2.45, 2.75) is 18.7 Å². The number of nitrogens with zero attached hydrogens (tertiary/aromatic N) is 1. The molecule has 0 aromatic heterocycles. The van der Waals surface area contributed by atoms with Gasteiger partial charge in [-0.25, -0.2) is 12.8 Å². The summed E-state index contributed by atoms with van der Waals surface area (Å²) in [6.07, 6.45) is 1.05. The number of amides is 1. The number of rotatable bonds is 10. The Morgan fingerprint density at radius 2 is 1.93 bits per heavy atom. The molecule has 30 heavy (non-hydrogen) atoms. The molecule has 0 saturated carbocycles. The van der Waals surface area contributed by atoms with Crippen LogP contribution in [-0.2, 0) is 20.6 Å². The molecule has 2 rings (SSSR count). The minimum atomic E-state index is -3.69. The second-order valence-electron chi connectivity index (χ2n) is 6.48. The molecule has 164 valence electrons. The minimum absolute atomic E-state index is 0.306. The summed E-state index contributed by atoms with van der Waals surface area (Å²) in [7, 11) is -2.18. The summed E-state index contributed by atoms with van der Waals surface area (Å²) < 4.78 is 44.5. The van der Waals surface area contributed by atoms with Gasteiger partial charge in [0.25, 0.3) is 0 Å². The van der Waals surface area contributed by atoms with Crippen LogP contribution in [-0.4, -0.2) is 46.0 Å². The normalized spacial score (nSPS) is 12.3. The molecule has 1 amide bonds. The van der Waals surface area contributed by atoms with Crippen LogP contribution in [0.2, 0.25) is 5.02 Å². The second-order valence-corrected chi connectivity index (χ2v) is 9.85. The summed E-state index contributed by atoms with van der Waals surface area (Å²) in [4.78, 5) is 12.5. The molecule has 0 radical (unpaired) electrons. The lowest BCUT2D eigenvalue weighted by molar-refractivity contribution is -0.121. The van der Waals surface area contributed by atoms with Gasteiger partial charge in [0.2, 0.25) is 15.9 Å². The topological polar surface area (TPSA) is 75.7 Å². The summed E-state index contributed by atoms with van der Waals surface area (Å²) >= 11 is 7.41. The van der Waals surface area contributed by atoms with Crippen molar-refractivity contribution in [2.75, 3.05) is 30.0 Å². The Bertz CT molecular complexity index is 951. The highest BCUT2D eigenvalue weighted by Crippen LogP contribution is 2.25. The maximum absolute atomic E-state index is 13.8. The van der Waals surface area contributed by atoms with E-state index in [0.29, 0.717) is 40.1 Å². The molecule has 0 aliphatic heterocycles. The molecule has 6 nitrogen and oxygen atoms in total. The van der Waals surface area contributed by atoms with E-state index in [1.807, 2.05) is 0 Å². The predicted octanol–water partition coefficient (Wildman–Crippen LogP) is 3.69. The maximum Gasteiger partial charge on any atom is 0.243 e. The van der Waals surface area contributed by atoms with Gasteiger partial charge in [0.15, 0.2) is 0 Å². The van der Waals surface area contributed by atoms with Crippen LogP contribution in [0.3, 0.4) is 0 Å². The van der Waals surface area contributed by atoms with E-state index in [1.54, 1.807) is 36.4 Å². The Balaban J connectivity index is 1.93. The highest BCUT2D eigenvalue weighted by Gasteiger charge is 2.28. The number of sulfonamides is 1. The van der Waals surface area contributed by atoms with Crippen molar-refractivity contribution in [3.63, 3.8) is 0 Å². The van der Waals surface area contributed by atoms with Gasteiger partial charge in [-0.1, -0.05) is 17.7 Å². The maximum atomic E-state index is 13.8. The molecule has 0 aliphatic rings. The molecule has 2 aromatic carbocycles. The molecule has 0 aliphatic carbocycles. The largest absolute Gasteiger partial charge is 0.497 e. The number of carbonyl (C=O) groups is 1. The van der Waals surface area contributed by atoms with Crippen molar-refractivity contribution >= 4 is 45.0 Å². The number of ether oxygens (including phenoxy) is 1. The number of halogens is 2. The molecule has 2 aromatic rings. The Kier molecular flexibility index (Phi) is 8.81. The first-order chi connectivity index (χ1) is 14.1. The number of benzene rings is 2. The molecule has 10 heteroatoms. The minimum Gasteiger partial charge on any atom is -0.497 e. The summed E-state index contributed by atoms with van der Waals surface area (Å²) in [5.74, 6) is 0.677. The highest BCUT2D eigenvalue weighted by molar-refractivity contribution is 7.98. The smallest absolute Gasteiger partial charge is 0.243 e. The van der Waals surface area contributed by atoms with Crippen LogP contribution < -0.4 is 14.4 Å². The number of hydrogen-bond donors (Lipinski definition) is 1. The predicted molar refractivity (Wildman–Crippen MR) is 120 cm³/mol. The van der Waals surface area contributed by atoms with Gasteiger partial charge in [-0.3, -0.25) is 9.10 Å². The van der Waals surface area contributed by atoms with Gasteiger partial charge in [0, 0.05) is 28.6 Å². The van der Waals surface area contributed by atoms with Crippen molar-refractivity contribution in [2.24, 2.45) is 0 Å². The molecule has 0 heterocycles. The van der Waals surface area contributed by atoms with Crippen LogP contribution in [0.1, 0.15) is 12.5 Å². The third-order valence-corrected chi connectivity index (χ3v) is 6.85. The van der Waals surface area contributed by atoms with Crippen LogP contribution >= 0.6 is 23.4 Å². The zero-order chi connectivity index (χ0) is 22.3. The second kappa shape index (κ2) is 10.9. The molecule has 1 N–H and O–H groups in total. The molecule has 1 atom stereocenters. The summed E-state index contributed by atoms with van der Waals surface area (Å²) in [6.45, 7) is 1.83. The van der Waals surface area contributed by atoms with E-state index in [4.69, 9.17) is 16.3 Å². The fourth-order valence-electron chi connectivity index (χ4n) is 2.78. The van der Waals surface area contributed by atoms with Crippen molar-refractivity contribution < 1.29 is 22.3 Å². The van der Waals surface area contributed by atoms with Gasteiger partial charge in [-0.15, -0.1) is 0 Å². The van der Waals surface area contributed by atoms with Crippen LogP contribution in [0.15, 0.2) is 42.5 Å². The SMILES string of the molecule is COc1ccc(N([C@@H](C)C(=O)NCCSCc2c(F)cccc2Cl)S(C)(=O)=O)cc1. The molecule has 0 fully saturated rings. The van der Waals surface area contributed by atoms with E-state index in [2.05, 4.69) is 5.32 Å². The van der Waals surface area contributed by atoms with Crippen molar-refractivity contribution in [3.05, 3.63) is 58.9 Å². The van der Waals surface area contributed by atoms with E-state index >= 15 is 0 Å². The van der Waals surface area contributed by atoms with Gasteiger partial charge in [-0.05, 0) is 43.3 Å². The van der Waals surface area contributed by atoms with Crippen molar-refractivity contribution in [1.29, 1.82) is 0 Å². The number of anilines is 1. The Labute approximate surface area is 185 Å². The van der Waals surface area contributed by atoms with Gasteiger partial charge < -0.3 is 10.1 Å². The van der Waals surface area contributed by atoms with Crippen LogP contribution in [0.25, 0.3) is 0 Å². The molecule has 0 spiro atoms. The van der Waals surface area contributed by atoms with E-state index in [1.165, 1.54) is 31.9 Å². The Morgan fingerprint density at radius 1 is 1.27 bits per heavy atom. The van der Waals surface area contributed by atoms with E-state index < -0.39 is 22.0 Å². The van der Waals surface area contributed by atoms with E-state index in [0.717, 1.165) is 10.6 Å². The molecular formula is C20H24ClFN2O4S2. The zero-order valence-electron chi connectivity index (χ0n) is 16.9. The molecule has 0 saturated heterocycles. The number of methoxy groups -OCH3 is 1. The molecule has 0 unspecified atom stereocenters. The van der Waals surface area contributed by atoms with Crippen LogP contribution in [0, 0.1) is 5.82 Å². The Hall–Kier alpha value is -1.97. The van der Waals surface area contributed by atoms with Crippen LogP contribution in [0.4, 0.5) is 10.1 Å². The fourth-order valence-corrected chi connectivity index (χ4v) is 5.15. The van der Waals surface area contributed by atoms with E-state index in [-0.39, 0.29) is 5.82 Å².